The van der Waals surface area contributed by atoms with Crippen molar-refractivity contribution in [2.45, 2.75) is 23.1 Å². The van der Waals surface area contributed by atoms with E-state index >= 15 is 0 Å². The summed E-state index contributed by atoms with van der Waals surface area (Å²) in [5.74, 6) is 0.0939. The number of thioether (sulfide) groups is 1. The van der Waals surface area contributed by atoms with Crippen LogP contribution in [0, 0.1) is 0 Å². The number of aromatic nitrogens is 1. The van der Waals surface area contributed by atoms with Crippen LogP contribution in [0.15, 0.2) is 47.6 Å². The second kappa shape index (κ2) is 9.81. The van der Waals surface area contributed by atoms with Crippen LogP contribution in [0.1, 0.15) is 18.5 Å². The first-order chi connectivity index (χ1) is 12.1. The molecule has 2 unspecified atom stereocenters. The first-order valence-electron chi connectivity index (χ1n) is 8.09. The standard InChI is InChI=1S/C18H19Cl2N3OS.ClH/c1-12(25-17-9-14(19)4-5-15(17)20)18(24)23-8-7-22-11-16(23)13-3-2-6-21-10-13;/h2-6,9-10,12,16,22H,7-8,11H2,1H3;1H. The molecule has 2 aromatic rings. The highest BCUT2D eigenvalue weighted by atomic mass is 35.5. The summed E-state index contributed by atoms with van der Waals surface area (Å²) in [5.41, 5.74) is 1.04. The van der Waals surface area contributed by atoms with Crippen molar-refractivity contribution in [3.63, 3.8) is 0 Å². The van der Waals surface area contributed by atoms with Gasteiger partial charge >= 0.3 is 0 Å². The number of halogens is 3. The summed E-state index contributed by atoms with van der Waals surface area (Å²) in [5, 5.41) is 4.32. The minimum atomic E-state index is -0.256. The van der Waals surface area contributed by atoms with E-state index in [0.717, 1.165) is 23.5 Å². The Hall–Kier alpha value is -0.980. The number of benzene rings is 1. The molecule has 1 fully saturated rings. The van der Waals surface area contributed by atoms with Gasteiger partial charge in [0.2, 0.25) is 5.91 Å². The van der Waals surface area contributed by atoms with Gasteiger partial charge in [-0.05, 0) is 36.8 Å². The zero-order valence-electron chi connectivity index (χ0n) is 14.2. The monoisotopic (exact) mass is 431 g/mol. The number of hydrogen-bond donors (Lipinski definition) is 1. The van der Waals surface area contributed by atoms with E-state index in [2.05, 4.69) is 10.3 Å². The van der Waals surface area contributed by atoms with Crippen LogP contribution in [0.2, 0.25) is 10.0 Å². The molecule has 0 bridgehead atoms. The maximum atomic E-state index is 13.1. The van der Waals surface area contributed by atoms with Gasteiger partial charge in [-0.15, -0.1) is 24.2 Å². The highest BCUT2D eigenvalue weighted by molar-refractivity contribution is 8.00. The molecule has 8 heteroatoms. The Morgan fingerprint density at radius 3 is 2.92 bits per heavy atom. The molecule has 26 heavy (non-hydrogen) atoms. The molecule has 2 atom stereocenters. The van der Waals surface area contributed by atoms with Crippen molar-refractivity contribution in [2.24, 2.45) is 0 Å². The number of hydrogen-bond acceptors (Lipinski definition) is 4. The predicted octanol–water partition coefficient (Wildman–Crippen LogP) is 4.46. The van der Waals surface area contributed by atoms with Crippen molar-refractivity contribution >= 4 is 53.3 Å². The molecule has 1 aliphatic heterocycles. The lowest BCUT2D eigenvalue weighted by Gasteiger charge is -2.37. The molecule has 3 rings (SSSR count). The summed E-state index contributed by atoms with van der Waals surface area (Å²) in [7, 11) is 0. The summed E-state index contributed by atoms with van der Waals surface area (Å²) in [6.07, 6.45) is 3.56. The molecular weight excluding hydrogens is 413 g/mol. The van der Waals surface area contributed by atoms with Crippen LogP contribution in [-0.2, 0) is 4.79 Å². The lowest BCUT2D eigenvalue weighted by atomic mass is 10.0. The fourth-order valence-electron chi connectivity index (χ4n) is 2.88. The van der Waals surface area contributed by atoms with Gasteiger partial charge in [-0.25, -0.2) is 0 Å². The second-order valence-corrected chi connectivity index (χ2v) is 8.10. The van der Waals surface area contributed by atoms with E-state index in [-0.39, 0.29) is 29.6 Å². The Morgan fingerprint density at radius 2 is 2.19 bits per heavy atom. The molecule has 0 aliphatic carbocycles. The molecule has 1 aromatic heterocycles. The van der Waals surface area contributed by atoms with Gasteiger partial charge in [0.05, 0.1) is 16.3 Å². The van der Waals surface area contributed by atoms with E-state index in [1.807, 2.05) is 30.2 Å². The Kier molecular flexibility index (Phi) is 8.05. The summed E-state index contributed by atoms with van der Waals surface area (Å²) in [4.78, 5) is 20.0. The van der Waals surface area contributed by atoms with Crippen molar-refractivity contribution in [1.29, 1.82) is 0 Å². The van der Waals surface area contributed by atoms with Crippen LogP contribution < -0.4 is 5.32 Å². The normalized spacial score (nSPS) is 18.1. The molecule has 0 spiro atoms. The fraction of sp³-hybridized carbons (Fsp3) is 0.333. The van der Waals surface area contributed by atoms with Crippen molar-refractivity contribution in [2.75, 3.05) is 19.6 Å². The van der Waals surface area contributed by atoms with Gasteiger partial charge in [-0.1, -0.05) is 29.3 Å². The molecule has 4 nitrogen and oxygen atoms in total. The molecule has 0 saturated carbocycles. The minimum Gasteiger partial charge on any atom is -0.332 e. The summed E-state index contributed by atoms with van der Waals surface area (Å²) >= 11 is 13.7. The smallest absolute Gasteiger partial charge is 0.236 e. The van der Waals surface area contributed by atoms with E-state index in [1.54, 1.807) is 24.4 Å². The fourth-order valence-corrected chi connectivity index (χ4v) is 4.36. The minimum absolute atomic E-state index is 0. The quantitative estimate of drug-likeness (QED) is 0.724. The van der Waals surface area contributed by atoms with Gasteiger partial charge in [0.25, 0.3) is 0 Å². The van der Waals surface area contributed by atoms with Crippen LogP contribution in [0.25, 0.3) is 0 Å². The van der Waals surface area contributed by atoms with Crippen LogP contribution in [0.4, 0.5) is 0 Å². The van der Waals surface area contributed by atoms with E-state index in [0.29, 0.717) is 16.6 Å². The molecule has 1 aromatic carbocycles. The predicted molar refractivity (Wildman–Crippen MR) is 111 cm³/mol. The summed E-state index contributed by atoms with van der Waals surface area (Å²) in [6.45, 7) is 4.10. The number of piperazine rings is 1. The molecule has 140 valence electrons. The topological polar surface area (TPSA) is 45.2 Å². The highest BCUT2D eigenvalue weighted by Gasteiger charge is 2.31. The largest absolute Gasteiger partial charge is 0.332 e. The number of carbonyl (C=O) groups excluding carboxylic acids is 1. The first kappa shape index (κ1) is 21.3. The van der Waals surface area contributed by atoms with Gasteiger partial charge in [0.1, 0.15) is 0 Å². The number of carbonyl (C=O) groups is 1. The molecule has 1 amide bonds. The zero-order valence-corrected chi connectivity index (χ0v) is 17.3. The highest BCUT2D eigenvalue weighted by Crippen LogP contribution is 2.34. The van der Waals surface area contributed by atoms with Gasteiger partial charge in [-0.2, -0.15) is 0 Å². The SMILES string of the molecule is CC(Sc1cc(Cl)ccc1Cl)C(=O)N1CCNCC1c1cccnc1.Cl. The van der Waals surface area contributed by atoms with Crippen molar-refractivity contribution in [3.05, 3.63) is 58.3 Å². The number of rotatable bonds is 4. The van der Waals surface area contributed by atoms with Crippen molar-refractivity contribution in [3.8, 4) is 0 Å². The van der Waals surface area contributed by atoms with Crippen molar-refractivity contribution in [1.82, 2.24) is 15.2 Å². The summed E-state index contributed by atoms with van der Waals surface area (Å²) < 4.78 is 0. The molecular formula is C18H20Cl3N3OS. The van der Waals surface area contributed by atoms with Gasteiger partial charge in [0.15, 0.2) is 0 Å². The second-order valence-electron chi connectivity index (χ2n) is 5.87. The Labute approximate surface area is 174 Å². The van der Waals surface area contributed by atoms with E-state index in [4.69, 9.17) is 23.2 Å². The van der Waals surface area contributed by atoms with E-state index in [9.17, 15) is 4.79 Å². The van der Waals surface area contributed by atoms with E-state index in [1.165, 1.54) is 11.8 Å². The summed E-state index contributed by atoms with van der Waals surface area (Å²) in [6, 6.07) is 9.21. The third-order valence-corrected chi connectivity index (χ3v) is 5.96. The van der Waals surface area contributed by atoms with Gasteiger partial charge < -0.3 is 10.2 Å². The zero-order chi connectivity index (χ0) is 17.8. The van der Waals surface area contributed by atoms with Gasteiger partial charge in [-0.3, -0.25) is 9.78 Å². The lowest BCUT2D eigenvalue weighted by Crippen LogP contribution is -2.50. The average Bonchev–Trinajstić information content (AvgIpc) is 2.65. The molecule has 2 heterocycles. The number of pyridine rings is 1. The Balaban J connectivity index is 0.00000243. The lowest BCUT2D eigenvalue weighted by molar-refractivity contribution is -0.133. The van der Waals surface area contributed by atoms with Crippen molar-refractivity contribution < 1.29 is 4.79 Å². The third-order valence-electron chi connectivity index (χ3n) is 4.14. The van der Waals surface area contributed by atoms with Crippen LogP contribution in [0.3, 0.4) is 0 Å². The Morgan fingerprint density at radius 1 is 1.38 bits per heavy atom. The molecule has 1 saturated heterocycles. The van der Waals surface area contributed by atoms with Crippen LogP contribution in [0.5, 0.6) is 0 Å². The number of nitrogens with one attached hydrogen (secondary N) is 1. The first-order valence-corrected chi connectivity index (χ1v) is 9.72. The Bertz CT molecular complexity index is 748. The maximum absolute atomic E-state index is 13.1. The molecule has 1 aliphatic rings. The molecule has 1 N–H and O–H groups in total. The molecule has 0 radical (unpaired) electrons. The van der Waals surface area contributed by atoms with Crippen LogP contribution in [-0.4, -0.2) is 40.7 Å². The van der Waals surface area contributed by atoms with Gasteiger partial charge in [0, 0.05) is 41.9 Å². The number of nitrogens with zero attached hydrogens (tertiary/aromatic N) is 2. The maximum Gasteiger partial charge on any atom is 0.236 e. The number of amides is 1. The average molecular weight is 433 g/mol. The van der Waals surface area contributed by atoms with Crippen LogP contribution >= 0.6 is 47.4 Å². The van der Waals surface area contributed by atoms with E-state index < -0.39 is 0 Å². The third kappa shape index (κ3) is 5.05.